The molecule has 0 heterocycles. The van der Waals surface area contributed by atoms with Crippen LogP contribution in [0.3, 0.4) is 0 Å². The Morgan fingerprint density at radius 2 is 2.16 bits per heavy atom. The molecule has 1 aliphatic rings. The molecule has 1 fully saturated rings. The number of hydrogen-bond acceptors (Lipinski definition) is 1. The first kappa shape index (κ1) is 14.7. The molecule has 0 radical (unpaired) electrons. The summed E-state index contributed by atoms with van der Waals surface area (Å²) in [4.78, 5) is 12.5. The zero-order valence-corrected chi connectivity index (χ0v) is 13.1. The highest BCUT2D eigenvalue weighted by Crippen LogP contribution is 2.41. The van der Waals surface area contributed by atoms with Crippen LogP contribution in [0.5, 0.6) is 0 Å². The molecular weight excluding hydrogens is 307 g/mol. The van der Waals surface area contributed by atoms with Crippen molar-refractivity contribution in [2.45, 2.75) is 46.0 Å². The smallest absolute Gasteiger partial charge is 0.140 e. The summed E-state index contributed by atoms with van der Waals surface area (Å²) in [5.41, 5.74) is 0.992. The molecule has 19 heavy (non-hydrogen) atoms. The maximum atomic E-state index is 13.2. The van der Waals surface area contributed by atoms with Crippen molar-refractivity contribution in [2.75, 3.05) is 0 Å². The second kappa shape index (κ2) is 5.74. The van der Waals surface area contributed by atoms with Gasteiger partial charge in [0.2, 0.25) is 0 Å². The number of carbonyl (C=O) groups excluding carboxylic acids is 1. The largest absolute Gasteiger partial charge is 0.299 e. The van der Waals surface area contributed by atoms with Crippen LogP contribution in [0.2, 0.25) is 0 Å². The van der Waals surface area contributed by atoms with E-state index in [0.29, 0.717) is 16.7 Å². The van der Waals surface area contributed by atoms with Gasteiger partial charge in [-0.25, -0.2) is 4.39 Å². The van der Waals surface area contributed by atoms with Crippen molar-refractivity contribution in [1.82, 2.24) is 0 Å². The number of Topliss-reactive ketones (excluding diaryl/α,β-unsaturated/α-hetero) is 1. The summed E-state index contributed by atoms with van der Waals surface area (Å²) >= 11 is 3.17. The summed E-state index contributed by atoms with van der Waals surface area (Å²) in [6.07, 6.45) is 4.89. The van der Waals surface area contributed by atoms with Crippen LogP contribution in [0, 0.1) is 17.2 Å². The van der Waals surface area contributed by atoms with E-state index in [0.717, 1.165) is 24.8 Å². The molecule has 2 rings (SSSR count). The lowest BCUT2D eigenvalue weighted by atomic mass is 9.66. The highest BCUT2D eigenvalue weighted by molar-refractivity contribution is 9.10. The minimum Gasteiger partial charge on any atom is -0.299 e. The van der Waals surface area contributed by atoms with Gasteiger partial charge < -0.3 is 0 Å². The van der Waals surface area contributed by atoms with Crippen LogP contribution in [0.15, 0.2) is 22.7 Å². The molecule has 1 aromatic rings. The van der Waals surface area contributed by atoms with E-state index in [1.54, 1.807) is 12.1 Å². The Morgan fingerprint density at radius 1 is 1.42 bits per heavy atom. The lowest BCUT2D eigenvalue weighted by molar-refractivity contribution is -0.127. The van der Waals surface area contributed by atoms with Gasteiger partial charge in [-0.05, 0) is 51.9 Å². The Morgan fingerprint density at radius 3 is 2.79 bits per heavy atom. The number of rotatable bonds is 3. The van der Waals surface area contributed by atoms with Gasteiger partial charge in [0.1, 0.15) is 11.6 Å². The van der Waals surface area contributed by atoms with Gasteiger partial charge in [0, 0.05) is 12.3 Å². The lowest BCUT2D eigenvalue weighted by Gasteiger charge is -2.37. The van der Waals surface area contributed by atoms with E-state index in [-0.39, 0.29) is 17.2 Å². The van der Waals surface area contributed by atoms with E-state index in [2.05, 4.69) is 29.8 Å². The second-order valence-electron chi connectivity index (χ2n) is 6.18. The van der Waals surface area contributed by atoms with Crippen LogP contribution < -0.4 is 0 Å². The molecule has 0 aromatic heterocycles. The predicted octanol–water partition coefficient (Wildman–Crippen LogP) is 4.92. The summed E-state index contributed by atoms with van der Waals surface area (Å²) < 4.78 is 13.6. The second-order valence-corrected chi connectivity index (χ2v) is 7.03. The van der Waals surface area contributed by atoms with Gasteiger partial charge in [-0.2, -0.15) is 0 Å². The summed E-state index contributed by atoms with van der Waals surface area (Å²) in [5.74, 6) is 0.155. The first-order chi connectivity index (χ1) is 8.90. The van der Waals surface area contributed by atoms with Crippen LogP contribution in [0.4, 0.5) is 4.39 Å². The normalized spacial score (nSPS) is 22.2. The van der Waals surface area contributed by atoms with Crippen molar-refractivity contribution in [3.8, 4) is 0 Å². The third-order valence-electron chi connectivity index (χ3n) is 4.26. The summed E-state index contributed by atoms with van der Waals surface area (Å²) in [6, 6.07) is 4.83. The molecule has 0 bridgehead atoms. The van der Waals surface area contributed by atoms with E-state index < -0.39 is 0 Å². The van der Waals surface area contributed by atoms with Gasteiger partial charge in [-0.3, -0.25) is 4.79 Å². The number of carbonyl (C=O) groups is 1. The van der Waals surface area contributed by atoms with Crippen LogP contribution in [0.1, 0.15) is 45.1 Å². The summed E-state index contributed by atoms with van der Waals surface area (Å²) in [7, 11) is 0. The van der Waals surface area contributed by atoms with Gasteiger partial charge >= 0.3 is 0 Å². The fourth-order valence-electron chi connectivity index (χ4n) is 3.06. The lowest BCUT2D eigenvalue weighted by Crippen LogP contribution is -2.34. The maximum absolute atomic E-state index is 13.2. The molecule has 1 nitrogen and oxygen atoms in total. The van der Waals surface area contributed by atoms with Gasteiger partial charge in [-0.15, -0.1) is 0 Å². The molecule has 0 aliphatic heterocycles. The summed E-state index contributed by atoms with van der Waals surface area (Å²) in [5, 5.41) is 0. The molecule has 1 unspecified atom stereocenters. The Hall–Kier alpha value is -0.700. The molecule has 0 amide bonds. The Bertz CT molecular complexity index is 482. The molecular formula is C16H20BrFO. The van der Waals surface area contributed by atoms with Crippen molar-refractivity contribution >= 4 is 21.7 Å². The fraction of sp³-hybridized carbons (Fsp3) is 0.562. The maximum Gasteiger partial charge on any atom is 0.140 e. The highest BCUT2D eigenvalue weighted by Gasteiger charge is 2.36. The van der Waals surface area contributed by atoms with Gasteiger partial charge in [0.15, 0.2) is 0 Å². The topological polar surface area (TPSA) is 17.1 Å². The third-order valence-corrected chi connectivity index (χ3v) is 4.87. The van der Waals surface area contributed by atoms with E-state index in [1.807, 2.05) is 0 Å². The zero-order valence-electron chi connectivity index (χ0n) is 11.5. The molecule has 104 valence electrons. The van der Waals surface area contributed by atoms with E-state index in [9.17, 15) is 9.18 Å². The minimum atomic E-state index is -0.283. The van der Waals surface area contributed by atoms with Crippen molar-refractivity contribution in [3.63, 3.8) is 0 Å². The molecule has 1 atom stereocenters. The Kier molecular flexibility index (Phi) is 4.44. The van der Waals surface area contributed by atoms with Crippen molar-refractivity contribution in [1.29, 1.82) is 0 Å². The average Bonchev–Trinajstić information content (AvgIpc) is 2.33. The molecule has 1 saturated carbocycles. The molecule has 0 spiro atoms. The third kappa shape index (κ3) is 3.44. The first-order valence-electron chi connectivity index (χ1n) is 6.87. The zero-order chi connectivity index (χ0) is 14.0. The first-order valence-corrected chi connectivity index (χ1v) is 7.66. The molecule has 0 N–H and O–H groups in total. The van der Waals surface area contributed by atoms with Gasteiger partial charge in [0.05, 0.1) is 4.47 Å². The molecule has 1 aliphatic carbocycles. The summed E-state index contributed by atoms with van der Waals surface area (Å²) in [6.45, 7) is 4.38. The van der Waals surface area contributed by atoms with Gasteiger partial charge in [0.25, 0.3) is 0 Å². The standard InChI is InChI=1S/C16H20BrFO/c1-16(2)8-4-3-5-12(16)15(19)10-11-6-7-14(18)13(17)9-11/h6-7,9,12H,3-5,8,10H2,1-2H3. The predicted molar refractivity (Wildman–Crippen MR) is 78.6 cm³/mol. The Labute approximate surface area is 122 Å². The van der Waals surface area contributed by atoms with Crippen LogP contribution in [0.25, 0.3) is 0 Å². The van der Waals surface area contributed by atoms with Crippen LogP contribution >= 0.6 is 15.9 Å². The SMILES string of the molecule is CC1(C)CCCCC1C(=O)Cc1ccc(F)c(Br)c1. The van der Waals surface area contributed by atoms with E-state index in [1.165, 1.54) is 12.5 Å². The van der Waals surface area contributed by atoms with Crippen molar-refractivity contribution in [3.05, 3.63) is 34.1 Å². The number of benzene rings is 1. The average molecular weight is 327 g/mol. The highest BCUT2D eigenvalue weighted by atomic mass is 79.9. The van der Waals surface area contributed by atoms with Crippen molar-refractivity contribution in [2.24, 2.45) is 11.3 Å². The fourth-order valence-corrected chi connectivity index (χ4v) is 3.49. The molecule has 1 aromatic carbocycles. The number of halogens is 2. The monoisotopic (exact) mass is 326 g/mol. The molecule has 0 saturated heterocycles. The van der Waals surface area contributed by atoms with Crippen molar-refractivity contribution < 1.29 is 9.18 Å². The van der Waals surface area contributed by atoms with E-state index >= 15 is 0 Å². The van der Waals surface area contributed by atoms with Gasteiger partial charge in [-0.1, -0.05) is 32.8 Å². The quantitative estimate of drug-likeness (QED) is 0.770. The van der Waals surface area contributed by atoms with E-state index in [4.69, 9.17) is 0 Å². The van der Waals surface area contributed by atoms with Crippen LogP contribution in [-0.2, 0) is 11.2 Å². The molecule has 3 heteroatoms. The van der Waals surface area contributed by atoms with Crippen LogP contribution in [-0.4, -0.2) is 5.78 Å². The number of hydrogen-bond donors (Lipinski definition) is 0. The Balaban J connectivity index is 2.09. The number of ketones is 1. The minimum absolute atomic E-state index is 0.104.